The largest absolute Gasteiger partial charge is 0.229 e. The van der Waals surface area contributed by atoms with Gasteiger partial charge in [-0.1, -0.05) is 13.3 Å². The highest BCUT2D eigenvalue weighted by Gasteiger charge is 1.93. The molecule has 0 aromatic carbocycles. The summed E-state index contributed by atoms with van der Waals surface area (Å²) < 4.78 is 0. The highest BCUT2D eigenvalue weighted by molar-refractivity contribution is 5.17. The molecule has 1 rings (SSSR count). The third kappa shape index (κ3) is 2.35. The zero-order valence-corrected chi connectivity index (χ0v) is 7.25. The molecule has 0 bridgehead atoms. The van der Waals surface area contributed by atoms with Crippen LogP contribution in [0.2, 0.25) is 0 Å². The molecule has 62 valence electrons. The number of rotatable bonds is 3. The molecule has 0 saturated carbocycles. The van der Waals surface area contributed by atoms with Crippen LogP contribution in [0.3, 0.4) is 0 Å². The molecule has 0 unspecified atom stereocenters. The Morgan fingerprint density at radius 2 is 2.08 bits per heavy atom. The Bertz CT molecular complexity index is 269. The first-order valence-electron chi connectivity index (χ1n) is 4.14. The van der Waals surface area contributed by atoms with E-state index in [0.717, 1.165) is 12.0 Å². The van der Waals surface area contributed by atoms with Gasteiger partial charge in [-0.15, -0.1) is 6.42 Å². The van der Waals surface area contributed by atoms with Crippen LogP contribution in [0.25, 0.3) is 0 Å². The summed E-state index contributed by atoms with van der Waals surface area (Å²) >= 11 is 0. The summed E-state index contributed by atoms with van der Waals surface area (Å²) in [6, 6.07) is 0. The first kappa shape index (κ1) is 8.73. The van der Waals surface area contributed by atoms with Crippen LogP contribution in [0.4, 0.5) is 0 Å². The number of terminal acetylenes is 1. The van der Waals surface area contributed by atoms with Crippen molar-refractivity contribution in [1.29, 1.82) is 0 Å². The molecule has 1 heterocycles. The van der Waals surface area contributed by atoms with E-state index in [2.05, 4.69) is 22.8 Å². The monoisotopic (exact) mass is 160 g/mol. The third-order valence-corrected chi connectivity index (χ3v) is 1.65. The number of aromatic nitrogens is 2. The van der Waals surface area contributed by atoms with Crippen LogP contribution >= 0.6 is 0 Å². The Kier molecular flexibility index (Phi) is 3.28. The van der Waals surface area contributed by atoms with Gasteiger partial charge >= 0.3 is 0 Å². The standard InChI is InChI=1S/C10H12N2/c1-3-5-6-9-7-11-10(4-2)12-8-9/h2,7-8H,3,5-6H2,1H3. The van der Waals surface area contributed by atoms with E-state index in [9.17, 15) is 0 Å². The van der Waals surface area contributed by atoms with Crippen LogP contribution < -0.4 is 0 Å². The summed E-state index contributed by atoms with van der Waals surface area (Å²) in [5.74, 6) is 2.86. The lowest BCUT2D eigenvalue weighted by molar-refractivity contribution is 0.787. The van der Waals surface area contributed by atoms with Crippen molar-refractivity contribution < 1.29 is 0 Å². The first-order chi connectivity index (χ1) is 5.86. The SMILES string of the molecule is C#Cc1ncc(CCCC)cn1. The molecule has 0 atom stereocenters. The maximum absolute atomic E-state index is 5.13. The molecule has 0 radical (unpaired) electrons. The summed E-state index contributed by atoms with van der Waals surface area (Å²) in [5.41, 5.74) is 1.16. The molecule has 2 heteroatoms. The first-order valence-corrected chi connectivity index (χ1v) is 4.14. The third-order valence-electron chi connectivity index (χ3n) is 1.65. The van der Waals surface area contributed by atoms with Gasteiger partial charge in [0.25, 0.3) is 0 Å². The van der Waals surface area contributed by atoms with Gasteiger partial charge in [-0.3, -0.25) is 0 Å². The fourth-order valence-corrected chi connectivity index (χ4v) is 0.939. The molecule has 1 aromatic heterocycles. The summed E-state index contributed by atoms with van der Waals surface area (Å²) in [6.07, 6.45) is 12.1. The van der Waals surface area contributed by atoms with E-state index in [0.29, 0.717) is 5.82 Å². The smallest absolute Gasteiger partial charge is 0.204 e. The summed E-state index contributed by atoms with van der Waals surface area (Å²) in [7, 11) is 0. The van der Waals surface area contributed by atoms with Crippen molar-refractivity contribution >= 4 is 0 Å². The molecule has 2 nitrogen and oxygen atoms in total. The fourth-order valence-electron chi connectivity index (χ4n) is 0.939. The predicted octanol–water partition coefficient (Wildman–Crippen LogP) is 1.80. The van der Waals surface area contributed by atoms with E-state index in [1.807, 2.05) is 0 Å². The topological polar surface area (TPSA) is 25.8 Å². The van der Waals surface area contributed by atoms with E-state index in [4.69, 9.17) is 6.42 Å². The maximum Gasteiger partial charge on any atom is 0.204 e. The van der Waals surface area contributed by atoms with E-state index >= 15 is 0 Å². The fraction of sp³-hybridized carbons (Fsp3) is 0.400. The molecule has 0 spiro atoms. The van der Waals surface area contributed by atoms with E-state index in [-0.39, 0.29) is 0 Å². The van der Waals surface area contributed by atoms with Crippen molar-refractivity contribution in [2.45, 2.75) is 26.2 Å². The van der Waals surface area contributed by atoms with Crippen molar-refractivity contribution in [2.24, 2.45) is 0 Å². The Morgan fingerprint density at radius 1 is 1.42 bits per heavy atom. The van der Waals surface area contributed by atoms with E-state index < -0.39 is 0 Å². The average molecular weight is 160 g/mol. The van der Waals surface area contributed by atoms with Crippen molar-refractivity contribution in [3.8, 4) is 12.3 Å². The maximum atomic E-state index is 5.13. The summed E-state index contributed by atoms with van der Waals surface area (Å²) in [4.78, 5) is 8.01. The minimum atomic E-state index is 0.468. The van der Waals surface area contributed by atoms with Gasteiger partial charge in [0.05, 0.1) is 0 Å². The molecule has 0 saturated heterocycles. The normalized spacial score (nSPS) is 9.33. The second kappa shape index (κ2) is 4.50. The Morgan fingerprint density at radius 3 is 2.58 bits per heavy atom. The zero-order chi connectivity index (χ0) is 8.81. The van der Waals surface area contributed by atoms with Crippen molar-refractivity contribution in [3.05, 3.63) is 23.8 Å². The highest BCUT2D eigenvalue weighted by Crippen LogP contribution is 2.01. The lowest BCUT2D eigenvalue weighted by atomic mass is 10.1. The molecule has 0 amide bonds. The molecule has 0 fully saturated rings. The number of hydrogen-bond donors (Lipinski definition) is 0. The Balaban J connectivity index is 2.60. The van der Waals surface area contributed by atoms with Crippen LogP contribution in [0.5, 0.6) is 0 Å². The van der Waals surface area contributed by atoms with E-state index in [1.165, 1.54) is 12.8 Å². The second-order valence-corrected chi connectivity index (χ2v) is 2.66. The molecule has 0 aliphatic rings. The van der Waals surface area contributed by atoms with Gasteiger partial charge in [0.2, 0.25) is 5.82 Å². The van der Waals surface area contributed by atoms with Crippen LogP contribution in [0.1, 0.15) is 31.2 Å². The molecule has 1 aromatic rings. The zero-order valence-electron chi connectivity index (χ0n) is 7.25. The summed E-state index contributed by atoms with van der Waals surface area (Å²) in [6.45, 7) is 2.16. The molecule has 0 aliphatic heterocycles. The van der Waals surface area contributed by atoms with Crippen LogP contribution in [0, 0.1) is 12.3 Å². The van der Waals surface area contributed by atoms with Crippen LogP contribution in [0.15, 0.2) is 12.4 Å². The predicted molar refractivity (Wildman–Crippen MR) is 48.6 cm³/mol. The molecule has 0 aliphatic carbocycles. The molecule has 0 N–H and O–H groups in total. The number of nitrogens with zero attached hydrogens (tertiary/aromatic N) is 2. The lowest BCUT2D eigenvalue weighted by Gasteiger charge is -1.97. The van der Waals surface area contributed by atoms with Crippen molar-refractivity contribution in [3.63, 3.8) is 0 Å². The van der Waals surface area contributed by atoms with E-state index in [1.54, 1.807) is 12.4 Å². The average Bonchev–Trinajstić information content (AvgIpc) is 2.15. The van der Waals surface area contributed by atoms with Gasteiger partial charge in [-0.05, 0) is 24.3 Å². The van der Waals surface area contributed by atoms with Crippen molar-refractivity contribution in [1.82, 2.24) is 9.97 Å². The molecule has 12 heavy (non-hydrogen) atoms. The lowest BCUT2D eigenvalue weighted by Crippen LogP contribution is -1.92. The highest BCUT2D eigenvalue weighted by atomic mass is 14.8. The quantitative estimate of drug-likeness (QED) is 0.630. The minimum absolute atomic E-state index is 0.468. The Labute approximate surface area is 73.1 Å². The van der Waals surface area contributed by atoms with Gasteiger partial charge in [0.1, 0.15) is 0 Å². The molecular formula is C10H12N2. The number of unbranched alkanes of at least 4 members (excludes halogenated alkanes) is 1. The van der Waals surface area contributed by atoms with Crippen LogP contribution in [-0.2, 0) is 6.42 Å². The second-order valence-electron chi connectivity index (χ2n) is 2.66. The van der Waals surface area contributed by atoms with Gasteiger partial charge < -0.3 is 0 Å². The Hall–Kier alpha value is -1.36. The van der Waals surface area contributed by atoms with Crippen molar-refractivity contribution in [2.75, 3.05) is 0 Å². The number of aryl methyl sites for hydroxylation is 1. The van der Waals surface area contributed by atoms with Gasteiger partial charge in [0, 0.05) is 12.4 Å². The number of hydrogen-bond acceptors (Lipinski definition) is 2. The van der Waals surface area contributed by atoms with Gasteiger partial charge in [0.15, 0.2) is 0 Å². The van der Waals surface area contributed by atoms with Crippen LogP contribution in [-0.4, -0.2) is 9.97 Å². The molecular weight excluding hydrogens is 148 g/mol. The van der Waals surface area contributed by atoms with Gasteiger partial charge in [-0.2, -0.15) is 0 Å². The van der Waals surface area contributed by atoms with Gasteiger partial charge in [-0.25, -0.2) is 9.97 Å². The minimum Gasteiger partial charge on any atom is -0.229 e. The summed E-state index contributed by atoms with van der Waals surface area (Å²) in [5, 5.41) is 0.